The third-order valence-corrected chi connectivity index (χ3v) is 3.39. The van der Waals surface area contributed by atoms with Crippen LogP contribution < -0.4 is 10.1 Å². The van der Waals surface area contributed by atoms with E-state index in [1.54, 1.807) is 19.3 Å². The van der Waals surface area contributed by atoms with Crippen molar-refractivity contribution < 1.29 is 23.9 Å². The average molecular weight is 348 g/mol. The zero-order valence-corrected chi connectivity index (χ0v) is 14.8. The first-order chi connectivity index (χ1) is 12.0. The largest absolute Gasteiger partial charge is 0.497 e. The van der Waals surface area contributed by atoms with E-state index in [4.69, 9.17) is 4.74 Å². The highest BCUT2D eigenvalue weighted by Gasteiger charge is 2.13. The number of ether oxygens (including phenoxy) is 2. The molecule has 0 spiro atoms. The van der Waals surface area contributed by atoms with Crippen LogP contribution in [0.15, 0.2) is 30.3 Å². The van der Waals surface area contributed by atoms with Gasteiger partial charge in [0.2, 0.25) is 11.8 Å². The number of hydrogen-bond acceptors (Lipinski definition) is 5. The summed E-state index contributed by atoms with van der Waals surface area (Å²) in [4.78, 5) is 36.2. The van der Waals surface area contributed by atoms with Crippen molar-refractivity contribution in [3.05, 3.63) is 35.9 Å². The van der Waals surface area contributed by atoms with Crippen molar-refractivity contribution in [3.8, 4) is 5.75 Å². The molecular formula is C18H24N2O5. The second-order valence-electron chi connectivity index (χ2n) is 5.24. The number of benzene rings is 1. The molecule has 1 N–H and O–H groups in total. The zero-order valence-electron chi connectivity index (χ0n) is 14.8. The molecule has 7 nitrogen and oxygen atoms in total. The summed E-state index contributed by atoms with van der Waals surface area (Å²) in [7, 11) is 2.87. The van der Waals surface area contributed by atoms with E-state index in [0.717, 1.165) is 5.56 Å². The van der Waals surface area contributed by atoms with E-state index in [0.29, 0.717) is 18.8 Å². The molecule has 1 aromatic rings. The highest BCUT2D eigenvalue weighted by atomic mass is 16.5. The molecule has 136 valence electrons. The molecule has 0 bridgehead atoms. The Hall–Kier alpha value is -2.83. The van der Waals surface area contributed by atoms with Crippen LogP contribution in [0.3, 0.4) is 0 Å². The normalized spacial score (nSPS) is 10.4. The minimum Gasteiger partial charge on any atom is -0.497 e. The van der Waals surface area contributed by atoms with Crippen molar-refractivity contribution >= 4 is 23.9 Å². The van der Waals surface area contributed by atoms with Gasteiger partial charge in [-0.05, 0) is 23.8 Å². The van der Waals surface area contributed by atoms with Crippen molar-refractivity contribution in [2.24, 2.45) is 0 Å². The average Bonchev–Trinajstić information content (AvgIpc) is 2.62. The Labute approximate surface area is 147 Å². The minimum absolute atomic E-state index is 0.0926. The van der Waals surface area contributed by atoms with Gasteiger partial charge >= 0.3 is 5.97 Å². The highest BCUT2D eigenvalue weighted by Crippen LogP contribution is 2.13. The number of amides is 2. The minimum atomic E-state index is -0.394. The SMILES string of the molecule is COC(=O)CCN(CCNC(C)=O)C(=O)/C=C/c1cccc(OC)c1. The molecule has 0 aliphatic carbocycles. The third kappa shape index (κ3) is 8.01. The van der Waals surface area contributed by atoms with Crippen molar-refractivity contribution in [2.45, 2.75) is 13.3 Å². The van der Waals surface area contributed by atoms with Crippen LogP contribution in [0.4, 0.5) is 0 Å². The lowest BCUT2D eigenvalue weighted by Gasteiger charge is -2.20. The van der Waals surface area contributed by atoms with Gasteiger partial charge < -0.3 is 19.7 Å². The van der Waals surface area contributed by atoms with Crippen molar-refractivity contribution in [1.29, 1.82) is 0 Å². The van der Waals surface area contributed by atoms with Crippen LogP contribution in [0.25, 0.3) is 6.08 Å². The van der Waals surface area contributed by atoms with Gasteiger partial charge in [-0.1, -0.05) is 12.1 Å². The molecular weight excluding hydrogens is 324 g/mol. The maximum absolute atomic E-state index is 12.4. The smallest absolute Gasteiger partial charge is 0.307 e. The van der Waals surface area contributed by atoms with E-state index in [-0.39, 0.29) is 24.8 Å². The first-order valence-electron chi connectivity index (χ1n) is 7.88. The van der Waals surface area contributed by atoms with E-state index in [2.05, 4.69) is 10.1 Å². The second kappa shape index (κ2) is 10.9. The molecule has 25 heavy (non-hydrogen) atoms. The number of nitrogens with one attached hydrogen (secondary N) is 1. The molecule has 1 aromatic carbocycles. The molecule has 0 aliphatic heterocycles. The lowest BCUT2D eigenvalue weighted by atomic mass is 10.2. The first-order valence-corrected chi connectivity index (χ1v) is 7.88. The summed E-state index contributed by atoms with van der Waals surface area (Å²) in [5.74, 6) is -0.124. The fourth-order valence-electron chi connectivity index (χ4n) is 2.05. The van der Waals surface area contributed by atoms with Crippen LogP contribution in [0.5, 0.6) is 5.75 Å². The van der Waals surface area contributed by atoms with Crippen molar-refractivity contribution in [2.75, 3.05) is 33.9 Å². The van der Waals surface area contributed by atoms with E-state index in [1.165, 1.54) is 25.0 Å². The molecule has 0 radical (unpaired) electrons. The van der Waals surface area contributed by atoms with Gasteiger partial charge in [0.05, 0.1) is 20.6 Å². The molecule has 0 fully saturated rings. The van der Waals surface area contributed by atoms with Crippen LogP contribution >= 0.6 is 0 Å². The maximum atomic E-state index is 12.4. The van der Waals surface area contributed by atoms with Crippen LogP contribution in [-0.4, -0.2) is 56.5 Å². The molecule has 0 aromatic heterocycles. The standard InChI is InChI=1S/C18H24N2O5/c1-14(21)19-10-12-20(11-9-18(23)25-3)17(22)8-7-15-5-4-6-16(13-15)24-2/h4-8,13H,9-12H2,1-3H3,(H,19,21)/b8-7+. The van der Waals surface area contributed by atoms with Gasteiger partial charge in [0.25, 0.3) is 0 Å². The topological polar surface area (TPSA) is 84.9 Å². The Morgan fingerprint density at radius 2 is 1.96 bits per heavy atom. The Bertz CT molecular complexity index is 628. The quantitative estimate of drug-likeness (QED) is 0.536. The van der Waals surface area contributed by atoms with Crippen LogP contribution in [-0.2, 0) is 19.1 Å². The number of esters is 1. The van der Waals surface area contributed by atoms with E-state index < -0.39 is 5.97 Å². The lowest BCUT2D eigenvalue weighted by Crippen LogP contribution is -2.38. The monoisotopic (exact) mass is 348 g/mol. The molecule has 0 atom stereocenters. The summed E-state index contributed by atoms with van der Waals surface area (Å²) >= 11 is 0. The van der Waals surface area contributed by atoms with Gasteiger partial charge in [0.1, 0.15) is 5.75 Å². The third-order valence-electron chi connectivity index (χ3n) is 3.39. The van der Waals surface area contributed by atoms with Crippen LogP contribution in [0.1, 0.15) is 18.9 Å². The van der Waals surface area contributed by atoms with Gasteiger partial charge in [-0.2, -0.15) is 0 Å². The molecule has 0 unspecified atom stereocenters. The number of methoxy groups -OCH3 is 2. The molecule has 0 heterocycles. The van der Waals surface area contributed by atoms with E-state index in [9.17, 15) is 14.4 Å². The summed E-state index contributed by atoms with van der Waals surface area (Å²) in [5, 5.41) is 2.63. The Balaban J connectivity index is 2.72. The fourth-order valence-corrected chi connectivity index (χ4v) is 2.05. The number of hydrogen-bond donors (Lipinski definition) is 1. The van der Waals surface area contributed by atoms with Gasteiger partial charge in [-0.25, -0.2) is 0 Å². The molecule has 0 saturated carbocycles. The lowest BCUT2D eigenvalue weighted by molar-refractivity contribution is -0.141. The predicted molar refractivity (Wildman–Crippen MR) is 93.9 cm³/mol. The second-order valence-corrected chi connectivity index (χ2v) is 5.24. The summed E-state index contributed by atoms with van der Waals surface area (Å²) in [5.41, 5.74) is 0.822. The number of carbonyl (C=O) groups excluding carboxylic acids is 3. The Morgan fingerprint density at radius 1 is 1.20 bits per heavy atom. The number of rotatable bonds is 9. The van der Waals surface area contributed by atoms with Crippen LogP contribution in [0, 0.1) is 0 Å². The molecule has 0 aliphatic rings. The van der Waals surface area contributed by atoms with Gasteiger partial charge in [-0.15, -0.1) is 0 Å². The summed E-state index contributed by atoms with van der Waals surface area (Å²) < 4.78 is 9.74. The van der Waals surface area contributed by atoms with Gasteiger partial charge in [-0.3, -0.25) is 14.4 Å². The zero-order chi connectivity index (χ0) is 18.7. The first kappa shape index (κ1) is 20.2. The highest BCUT2D eigenvalue weighted by molar-refractivity contribution is 5.92. The van der Waals surface area contributed by atoms with Crippen LogP contribution in [0.2, 0.25) is 0 Å². The predicted octanol–water partition coefficient (Wildman–Crippen LogP) is 1.24. The molecule has 1 rings (SSSR count). The van der Waals surface area contributed by atoms with Crippen molar-refractivity contribution in [1.82, 2.24) is 10.2 Å². The van der Waals surface area contributed by atoms with E-state index >= 15 is 0 Å². The summed E-state index contributed by atoms with van der Waals surface area (Å²) in [6, 6.07) is 7.30. The summed E-state index contributed by atoms with van der Waals surface area (Å²) in [6.07, 6.45) is 3.20. The van der Waals surface area contributed by atoms with Crippen molar-refractivity contribution in [3.63, 3.8) is 0 Å². The van der Waals surface area contributed by atoms with Gasteiger partial charge in [0, 0.05) is 32.6 Å². The van der Waals surface area contributed by atoms with Gasteiger partial charge in [0.15, 0.2) is 0 Å². The maximum Gasteiger partial charge on any atom is 0.307 e. The fraction of sp³-hybridized carbons (Fsp3) is 0.389. The number of nitrogens with zero attached hydrogens (tertiary/aromatic N) is 1. The molecule has 2 amide bonds. The Morgan fingerprint density at radius 3 is 2.60 bits per heavy atom. The number of carbonyl (C=O) groups is 3. The Kier molecular flexibility index (Phi) is 8.78. The molecule has 7 heteroatoms. The summed E-state index contributed by atoms with van der Waals surface area (Å²) in [6.45, 7) is 2.24. The molecule has 0 saturated heterocycles. The van der Waals surface area contributed by atoms with E-state index in [1.807, 2.05) is 18.2 Å².